The highest BCUT2D eigenvalue weighted by Gasteiger charge is 2.26. The summed E-state index contributed by atoms with van der Waals surface area (Å²) in [7, 11) is 0. The fourth-order valence-electron chi connectivity index (χ4n) is 2.82. The summed E-state index contributed by atoms with van der Waals surface area (Å²) in [5.74, 6) is 0.742. The smallest absolute Gasteiger partial charge is 0.0270 e. The van der Waals surface area contributed by atoms with Gasteiger partial charge in [0.1, 0.15) is 0 Å². The molecule has 17 heavy (non-hydrogen) atoms. The molecule has 94 valence electrons. The minimum absolute atomic E-state index is 0.575. The number of hydrogen-bond donors (Lipinski definition) is 1. The van der Waals surface area contributed by atoms with Gasteiger partial charge in [-0.2, -0.15) is 0 Å². The van der Waals surface area contributed by atoms with Crippen molar-refractivity contribution < 1.29 is 0 Å². The molecule has 2 atom stereocenters. The summed E-state index contributed by atoms with van der Waals surface area (Å²) < 4.78 is 0. The van der Waals surface area contributed by atoms with Crippen LogP contribution in [0, 0.1) is 5.92 Å². The average molecular weight is 233 g/mol. The summed E-state index contributed by atoms with van der Waals surface area (Å²) in [6.07, 6.45) is 7.48. The highest BCUT2D eigenvalue weighted by Crippen LogP contribution is 2.22. The molecule has 0 bridgehead atoms. The van der Waals surface area contributed by atoms with Crippen LogP contribution < -0.4 is 5.73 Å². The van der Waals surface area contributed by atoms with Crippen LogP contribution in [0.15, 0.2) is 24.5 Å². The van der Waals surface area contributed by atoms with Gasteiger partial charge in [0.15, 0.2) is 0 Å². The first-order valence-electron chi connectivity index (χ1n) is 6.64. The molecule has 2 heterocycles. The van der Waals surface area contributed by atoms with Crippen LogP contribution in [0.2, 0.25) is 0 Å². The highest BCUT2D eigenvalue weighted by atomic mass is 15.2. The van der Waals surface area contributed by atoms with Gasteiger partial charge in [-0.1, -0.05) is 6.92 Å². The van der Waals surface area contributed by atoms with Crippen molar-refractivity contribution in [3.05, 3.63) is 30.1 Å². The van der Waals surface area contributed by atoms with E-state index in [0.29, 0.717) is 6.04 Å². The van der Waals surface area contributed by atoms with Gasteiger partial charge in [-0.3, -0.25) is 9.88 Å². The predicted molar refractivity (Wildman–Crippen MR) is 70.8 cm³/mol. The second-order valence-electron chi connectivity index (χ2n) is 5.06. The van der Waals surface area contributed by atoms with Gasteiger partial charge in [0.2, 0.25) is 0 Å². The van der Waals surface area contributed by atoms with E-state index in [0.717, 1.165) is 25.4 Å². The van der Waals surface area contributed by atoms with Gasteiger partial charge < -0.3 is 5.73 Å². The van der Waals surface area contributed by atoms with Crippen LogP contribution in [0.3, 0.4) is 0 Å². The predicted octanol–water partition coefficient (Wildman–Crippen LogP) is 1.68. The maximum absolute atomic E-state index is 5.90. The summed E-state index contributed by atoms with van der Waals surface area (Å²) >= 11 is 0. The van der Waals surface area contributed by atoms with Gasteiger partial charge in [-0.25, -0.2) is 0 Å². The molecule has 0 aromatic carbocycles. The zero-order valence-electron chi connectivity index (χ0n) is 10.7. The molecule has 0 radical (unpaired) electrons. The Balaban J connectivity index is 1.89. The van der Waals surface area contributed by atoms with Crippen LogP contribution in [-0.2, 0) is 6.42 Å². The van der Waals surface area contributed by atoms with Crippen molar-refractivity contribution >= 4 is 0 Å². The van der Waals surface area contributed by atoms with E-state index in [1.165, 1.54) is 24.9 Å². The van der Waals surface area contributed by atoms with E-state index in [9.17, 15) is 0 Å². The number of likely N-dealkylation sites (tertiary alicyclic amines) is 1. The van der Waals surface area contributed by atoms with E-state index in [1.807, 2.05) is 12.4 Å². The van der Waals surface area contributed by atoms with E-state index < -0.39 is 0 Å². The molecular formula is C14H23N3. The van der Waals surface area contributed by atoms with Gasteiger partial charge in [0.25, 0.3) is 0 Å². The third-order valence-electron chi connectivity index (χ3n) is 3.91. The van der Waals surface area contributed by atoms with Crippen LogP contribution in [0.5, 0.6) is 0 Å². The lowest BCUT2D eigenvalue weighted by atomic mass is 9.90. The fourth-order valence-corrected chi connectivity index (χ4v) is 2.82. The Labute approximate surface area is 104 Å². The zero-order chi connectivity index (χ0) is 12.1. The second-order valence-corrected chi connectivity index (χ2v) is 5.06. The number of aromatic nitrogens is 1. The summed E-state index contributed by atoms with van der Waals surface area (Å²) in [6.45, 7) is 5.45. The monoisotopic (exact) mass is 233 g/mol. The Kier molecular flexibility index (Phi) is 4.51. The SMILES string of the molecule is CC1CCCN(CCc2ccncc2)C1CN. The van der Waals surface area contributed by atoms with E-state index in [4.69, 9.17) is 5.73 Å². The Hall–Kier alpha value is -0.930. The first kappa shape index (κ1) is 12.5. The molecule has 1 aromatic heterocycles. The van der Waals surface area contributed by atoms with E-state index in [1.54, 1.807) is 0 Å². The minimum atomic E-state index is 0.575. The molecular weight excluding hydrogens is 210 g/mol. The zero-order valence-corrected chi connectivity index (χ0v) is 10.7. The van der Waals surface area contributed by atoms with Crippen molar-refractivity contribution in [3.8, 4) is 0 Å². The Bertz CT molecular complexity index is 325. The Morgan fingerprint density at radius 3 is 2.88 bits per heavy atom. The maximum Gasteiger partial charge on any atom is 0.0270 e. The van der Waals surface area contributed by atoms with Crippen LogP contribution in [0.4, 0.5) is 0 Å². The first-order valence-corrected chi connectivity index (χ1v) is 6.64. The van der Waals surface area contributed by atoms with Crippen LogP contribution in [0.1, 0.15) is 25.3 Å². The number of rotatable bonds is 4. The Morgan fingerprint density at radius 2 is 2.18 bits per heavy atom. The number of piperidine rings is 1. The largest absolute Gasteiger partial charge is 0.329 e. The molecule has 0 saturated carbocycles. The average Bonchev–Trinajstić information content (AvgIpc) is 2.37. The number of nitrogens with two attached hydrogens (primary N) is 1. The van der Waals surface area contributed by atoms with Crippen molar-refractivity contribution in [2.45, 2.75) is 32.2 Å². The number of nitrogens with zero attached hydrogens (tertiary/aromatic N) is 2. The summed E-state index contributed by atoms with van der Waals surface area (Å²) in [5, 5.41) is 0. The molecule has 2 rings (SSSR count). The summed E-state index contributed by atoms with van der Waals surface area (Å²) in [6, 6.07) is 4.78. The number of pyridine rings is 1. The summed E-state index contributed by atoms with van der Waals surface area (Å²) in [4.78, 5) is 6.61. The van der Waals surface area contributed by atoms with E-state index in [2.05, 4.69) is 28.9 Å². The normalized spacial score (nSPS) is 26.0. The minimum Gasteiger partial charge on any atom is -0.329 e. The maximum atomic E-state index is 5.90. The van der Waals surface area contributed by atoms with Gasteiger partial charge in [-0.15, -0.1) is 0 Å². The van der Waals surface area contributed by atoms with Crippen LogP contribution in [-0.4, -0.2) is 35.6 Å². The van der Waals surface area contributed by atoms with Crippen molar-refractivity contribution in [2.75, 3.05) is 19.6 Å². The lowest BCUT2D eigenvalue weighted by molar-refractivity contribution is 0.108. The quantitative estimate of drug-likeness (QED) is 0.860. The molecule has 1 saturated heterocycles. The standard InChI is InChI=1S/C14H23N3/c1-12-3-2-9-17(14(12)11-15)10-6-13-4-7-16-8-5-13/h4-5,7-8,12,14H,2-3,6,9-11,15H2,1H3. The van der Waals surface area contributed by atoms with Crippen LogP contribution in [0.25, 0.3) is 0 Å². The highest BCUT2D eigenvalue weighted by molar-refractivity contribution is 5.10. The van der Waals surface area contributed by atoms with Gasteiger partial charge in [-0.05, 0) is 49.4 Å². The third kappa shape index (κ3) is 3.27. The number of hydrogen-bond acceptors (Lipinski definition) is 3. The second kappa shape index (κ2) is 6.12. The van der Waals surface area contributed by atoms with Gasteiger partial charge in [0, 0.05) is 31.5 Å². The van der Waals surface area contributed by atoms with E-state index >= 15 is 0 Å². The first-order chi connectivity index (χ1) is 8.31. The molecule has 2 N–H and O–H groups in total. The molecule has 0 aliphatic carbocycles. The fraction of sp³-hybridized carbons (Fsp3) is 0.643. The Morgan fingerprint density at radius 1 is 1.41 bits per heavy atom. The summed E-state index contributed by atoms with van der Waals surface area (Å²) in [5.41, 5.74) is 7.27. The molecule has 1 fully saturated rings. The molecule has 0 amide bonds. The van der Waals surface area contributed by atoms with Crippen molar-refractivity contribution in [1.82, 2.24) is 9.88 Å². The molecule has 3 nitrogen and oxygen atoms in total. The van der Waals surface area contributed by atoms with Gasteiger partial charge in [0.05, 0.1) is 0 Å². The lowest BCUT2D eigenvalue weighted by Gasteiger charge is -2.39. The molecule has 3 heteroatoms. The third-order valence-corrected chi connectivity index (χ3v) is 3.91. The lowest BCUT2D eigenvalue weighted by Crippen LogP contribution is -2.49. The van der Waals surface area contributed by atoms with Crippen molar-refractivity contribution in [3.63, 3.8) is 0 Å². The molecule has 1 aliphatic rings. The van der Waals surface area contributed by atoms with Crippen molar-refractivity contribution in [1.29, 1.82) is 0 Å². The van der Waals surface area contributed by atoms with Gasteiger partial charge >= 0.3 is 0 Å². The molecule has 0 spiro atoms. The molecule has 1 aromatic rings. The van der Waals surface area contributed by atoms with Crippen molar-refractivity contribution in [2.24, 2.45) is 11.7 Å². The molecule has 1 aliphatic heterocycles. The molecule has 2 unspecified atom stereocenters. The van der Waals surface area contributed by atoms with Crippen LogP contribution >= 0.6 is 0 Å². The topological polar surface area (TPSA) is 42.2 Å². The van der Waals surface area contributed by atoms with E-state index in [-0.39, 0.29) is 0 Å².